The molecule has 5 heteroatoms. The van der Waals surface area contributed by atoms with E-state index in [4.69, 9.17) is 4.42 Å². The Morgan fingerprint density at radius 1 is 1.25 bits per heavy atom. The van der Waals surface area contributed by atoms with Crippen molar-refractivity contribution in [1.82, 2.24) is 4.57 Å². The number of fused-ring (bicyclic) bond motifs is 2. The van der Waals surface area contributed by atoms with Gasteiger partial charge in [-0.25, -0.2) is 4.79 Å². The molecule has 0 saturated heterocycles. The third-order valence-electron chi connectivity index (χ3n) is 4.75. The summed E-state index contributed by atoms with van der Waals surface area (Å²) in [6.45, 7) is 0. The fourth-order valence-corrected chi connectivity index (χ4v) is 3.47. The maximum atomic E-state index is 12.7. The Bertz CT molecular complexity index is 984. The summed E-state index contributed by atoms with van der Waals surface area (Å²) in [6, 6.07) is 13.4. The lowest BCUT2D eigenvalue weighted by Crippen LogP contribution is -2.24. The molecule has 0 aliphatic heterocycles. The number of benzene rings is 2. The molecule has 3 aromatic rings. The van der Waals surface area contributed by atoms with Crippen molar-refractivity contribution in [3.8, 4) is 0 Å². The van der Waals surface area contributed by atoms with E-state index < -0.39 is 5.76 Å². The molecule has 122 valence electrons. The number of nitrogens with one attached hydrogen (secondary N) is 1. The predicted octanol–water partition coefficient (Wildman–Crippen LogP) is 3.19. The summed E-state index contributed by atoms with van der Waals surface area (Å²) in [6.07, 6.45) is 2.90. The lowest BCUT2D eigenvalue weighted by Gasteiger charge is -2.24. The molecule has 0 bridgehead atoms. The topological polar surface area (TPSA) is 64.2 Å². The Kier molecular flexibility index (Phi) is 3.49. The Balaban J connectivity index is 1.62. The minimum atomic E-state index is -0.408. The molecule has 1 atom stereocenters. The zero-order chi connectivity index (χ0) is 16.7. The summed E-state index contributed by atoms with van der Waals surface area (Å²) in [4.78, 5) is 24.3. The van der Waals surface area contributed by atoms with Gasteiger partial charge >= 0.3 is 5.76 Å². The van der Waals surface area contributed by atoms with Gasteiger partial charge in [-0.1, -0.05) is 24.3 Å². The minimum absolute atomic E-state index is 0.0141. The molecule has 1 aliphatic carbocycles. The second kappa shape index (κ2) is 5.67. The summed E-state index contributed by atoms with van der Waals surface area (Å²) in [5.41, 5.74) is 4.21. The van der Waals surface area contributed by atoms with Crippen LogP contribution >= 0.6 is 0 Å². The molecule has 0 spiro atoms. The van der Waals surface area contributed by atoms with Gasteiger partial charge in [0.25, 0.3) is 0 Å². The zero-order valence-electron chi connectivity index (χ0n) is 13.4. The first-order chi connectivity index (χ1) is 11.6. The summed E-state index contributed by atoms with van der Waals surface area (Å²) >= 11 is 0. The molecule has 5 nitrogen and oxygen atoms in total. The third kappa shape index (κ3) is 2.42. The molecule has 1 amide bonds. The van der Waals surface area contributed by atoms with Gasteiger partial charge in [-0.3, -0.25) is 9.36 Å². The average molecular weight is 322 g/mol. The molecule has 0 fully saturated rings. The number of nitrogens with zero attached hydrogens (tertiary/aromatic N) is 1. The molecule has 1 heterocycles. The van der Waals surface area contributed by atoms with Gasteiger partial charge in [-0.15, -0.1) is 0 Å². The van der Waals surface area contributed by atoms with Crippen LogP contribution in [-0.2, 0) is 18.3 Å². The highest BCUT2D eigenvalue weighted by Crippen LogP contribution is 2.32. The molecule has 1 unspecified atom stereocenters. The summed E-state index contributed by atoms with van der Waals surface area (Å²) in [7, 11) is 1.66. The van der Waals surface area contributed by atoms with Crippen LogP contribution in [0.5, 0.6) is 0 Å². The number of rotatable bonds is 2. The number of aromatic nitrogens is 1. The highest BCUT2D eigenvalue weighted by molar-refractivity contribution is 5.97. The molecule has 1 aliphatic rings. The van der Waals surface area contributed by atoms with Crippen LogP contribution in [0.2, 0.25) is 0 Å². The number of aryl methyl sites for hydroxylation is 2. The largest absolute Gasteiger partial charge is 0.419 e. The molecule has 2 aromatic carbocycles. The number of anilines is 1. The molecule has 24 heavy (non-hydrogen) atoms. The lowest BCUT2D eigenvalue weighted by molar-refractivity contribution is -0.117. The van der Waals surface area contributed by atoms with Gasteiger partial charge in [0.1, 0.15) is 0 Å². The van der Waals surface area contributed by atoms with Crippen molar-refractivity contribution in [3.63, 3.8) is 0 Å². The first-order valence-corrected chi connectivity index (χ1v) is 8.12. The molecule has 0 radical (unpaired) electrons. The van der Waals surface area contributed by atoms with E-state index in [1.807, 2.05) is 18.2 Å². The number of amides is 1. The Morgan fingerprint density at radius 3 is 2.96 bits per heavy atom. The SMILES string of the molecule is Cn1c(=O)oc2cc(NC(=O)C3CCCc4ccccc43)ccc21. The van der Waals surface area contributed by atoms with E-state index in [0.717, 1.165) is 24.8 Å². The highest BCUT2D eigenvalue weighted by Gasteiger charge is 2.26. The first kappa shape index (κ1) is 14.8. The third-order valence-corrected chi connectivity index (χ3v) is 4.75. The fourth-order valence-electron chi connectivity index (χ4n) is 3.47. The van der Waals surface area contributed by atoms with E-state index in [1.165, 1.54) is 10.1 Å². The molecule has 4 rings (SSSR count). The van der Waals surface area contributed by atoms with Crippen molar-refractivity contribution >= 4 is 22.7 Å². The van der Waals surface area contributed by atoms with Gasteiger partial charge in [0.15, 0.2) is 5.58 Å². The zero-order valence-corrected chi connectivity index (χ0v) is 13.4. The van der Waals surface area contributed by atoms with Crippen LogP contribution in [-0.4, -0.2) is 10.5 Å². The molecular weight excluding hydrogens is 304 g/mol. The maximum absolute atomic E-state index is 12.7. The van der Waals surface area contributed by atoms with E-state index in [-0.39, 0.29) is 11.8 Å². The van der Waals surface area contributed by atoms with Crippen molar-refractivity contribution in [1.29, 1.82) is 0 Å². The van der Waals surface area contributed by atoms with E-state index in [9.17, 15) is 9.59 Å². The van der Waals surface area contributed by atoms with E-state index in [1.54, 1.807) is 25.2 Å². The van der Waals surface area contributed by atoms with Crippen molar-refractivity contribution in [2.24, 2.45) is 7.05 Å². The summed E-state index contributed by atoms with van der Waals surface area (Å²) < 4.78 is 6.62. The normalized spacial score (nSPS) is 16.8. The number of oxazole rings is 1. The van der Waals surface area contributed by atoms with E-state index in [0.29, 0.717) is 16.8 Å². The second-order valence-electron chi connectivity index (χ2n) is 6.24. The van der Waals surface area contributed by atoms with E-state index in [2.05, 4.69) is 11.4 Å². The van der Waals surface area contributed by atoms with Crippen LogP contribution in [0.25, 0.3) is 11.1 Å². The second-order valence-corrected chi connectivity index (χ2v) is 6.24. The Morgan fingerprint density at radius 2 is 2.08 bits per heavy atom. The van der Waals surface area contributed by atoms with E-state index >= 15 is 0 Å². The fraction of sp³-hybridized carbons (Fsp3) is 0.263. The molecular formula is C19H18N2O3. The standard InChI is InChI=1S/C19H18N2O3/c1-21-16-10-9-13(11-17(16)24-19(21)23)20-18(22)15-8-4-6-12-5-2-3-7-14(12)15/h2-3,5,7,9-11,15H,4,6,8H2,1H3,(H,20,22). The van der Waals surface area contributed by atoms with Crippen LogP contribution in [0.4, 0.5) is 5.69 Å². The van der Waals surface area contributed by atoms with Gasteiger partial charge in [0.2, 0.25) is 5.91 Å². The van der Waals surface area contributed by atoms with Crippen LogP contribution in [0.1, 0.15) is 29.9 Å². The summed E-state index contributed by atoms with van der Waals surface area (Å²) in [5, 5.41) is 2.96. The van der Waals surface area contributed by atoms with Gasteiger partial charge < -0.3 is 9.73 Å². The van der Waals surface area contributed by atoms with Crippen molar-refractivity contribution in [2.75, 3.05) is 5.32 Å². The van der Waals surface area contributed by atoms with Crippen molar-refractivity contribution in [2.45, 2.75) is 25.2 Å². The van der Waals surface area contributed by atoms with Crippen LogP contribution in [0, 0.1) is 0 Å². The number of hydrogen-bond donors (Lipinski definition) is 1. The Hall–Kier alpha value is -2.82. The van der Waals surface area contributed by atoms with Gasteiger partial charge in [-0.2, -0.15) is 0 Å². The lowest BCUT2D eigenvalue weighted by atomic mass is 9.82. The molecule has 0 saturated carbocycles. The molecule has 1 N–H and O–H groups in total. The smallest absolute Gasteiger partial charge is 0.408 e. The van der Waals surface area contributed by atoms with Gasteiger partial charge in [0.05, 0.1) is 11.4 Å². The first-order valence-electron chi connectivity index (χ1n) is 8.12. The monoisotopic (exact) mass is 322 g/mol. The minimum Gasteiger partial charge on any atom is -0.408 e. The summed E-state index contributed by atoms with van der Waals surface area (Å²) in [5.74, 6) is -0.553. The average Bonchev–Trinajstić information content (AvgIpc) is 2.88. The quantitative estimate of drug-likeness (QED) is 0.788. The Labute approximate surface area is 138 Å². The number of carbonyl (C=O) groups is 1. The van der Waals surface area contributed by atoms with Crippen LogP contribution < -0.4 is 11.1 Å². The van der Waals surface area contributed by atoms with Gasteiger partial charge in [0, 0.05) is 18.8 Å². The number of hydrogen-bond acceptors (Lipinski definition) is 3. The maximum Gasteiger partial charge on any atom is 0.419 e. The van der Waals surface area contributed by atoms with Crippen molar-refractivity contribution in [3.05, 3.63) is 64.1 Å². The predicted molar refractivity (Wildman–Crippen MR) is 92.2 cm³/mol. The van der Waals surface area contributed by atoms with Crippen LogP contribution in [0.15, 0.2) is 51.7 Å². The molecule has 1 aromatic heterocycles. The highest BCUT2D eigenvalue weighted by atomic mass is 16.4. The van der Waals surface area contributed by atoms with Gasteiger partial charge in [-0.05, 0) is 42.5 Å². The van der Waals surface area contributed by atoms with Crippen molar-refractivity contribution < 1.29 is 9.21 Å². The van der Waals surface area contributed by atoms with Crippen LogP contribution in [0.3, 0.4) is 0 Å². The number of carbonyl (C=O) groups excluding carboxylic acids is 1.